The third kappa shape index (κ3) is 3.24. The van der Waals surface area contributed by atoms with Crippen LogP contribution in [0.1, 0.15) is 37.7 Å². The fourth-order valence-corrected chi connectivity index (χ4v) is 3.23. The minimum atomic E-state index is -4.51. The number of halogens is 3. The zero-order chi connectivity index (χ0) is 16.6. The van der Waals surface area contributed by atoms with Gasteiger partial charge in [-0.3, -0.25) is 9.59 Å². The molecule has 3 rings (SSSR count). The molecule has 1 saturated carbocycles. The van der Waals surface area contributed by atoms with Crippen LogP contribution in [0.3, 0.4) is 0 Å². The lowest BCUT2D eigenvalue weighted by molar-refractivity contribution is -0.137. The van der Waals surface area contributed by atoms with Gasteiger partial charge in [0.15, 0.2) is 0 Å². The maximum atomic E-state index is 12.8. The Hall–Kier alpha value is -1.89. The fourth-order valence-electron chi connectivity index (χ4n) is 3.23. The summed E-state index contributed by atoms with van der Waals surface area (Å²) in [6.45, 7) is 0. The van der Waals surface area contributed by atoms with Crippen molar-refractivity contribution in [3.8, 4) is 0 Å². The van der Waals surface area contributed by atoms with Gasteiger partial charge in [0, 0.05) is 6.04 Å². The van der Waals surface area contributed by atoms with Crippen LogP contribution < -0.4 is 10.2 Å². The van der Waals surface area contributed by atoms with Crippen molar-refractivity contribution in [2.24, 2.45) is 0 Å². The van der Waals surface area contributed by atoms with E-state index in [0.717, 1.165) is 42.7 Å². The summed E-state index contributed by atoms with van der Waals surface area (Å²) in [6, 6.07) is 3.88. The molecule has 0 radical (unpaired) electrons. The number of rotatable bonds is 3. The van der Waals surface area contributed by atoms with Crippen molar-refractivity contribution >= 4 is 17.5 Å². The largest absolute Gasteiger partial charge is 0.416 e. The highest BCUT2D eigenvalue weighted by Gasteiger charge is 2.41. The Morgan fingerprint density at radius 1 is 1.13 bits per heavy atom. The first kappa shape index (κ1) is 16.0. The second-order valence-corrected chi connectivity index (χ2v) is 6.02. The van der Waals surface area contributed by atoms with Gasteiger partial charge in [-0.25, -0.2) is 4.90 Å². The molecule has 23 heavy (non-hydrogen) atoms. The van der Waals surface area contributed by atoms with Gasteiger partial charge in [-0.1, -0.05) is 18.9 Å². The Bertz CT molecular complexity index is 624. The SMILES string of the molecule is O=C1CC(NC2CCCC2)C(=O)N1c1cccc(C(F)(F)F)c1. The van der Waals surface area contributed by atoms with Crippen molar-refractivity contribution in [3.05, 3.63) is 29.8 Å². The molecule has 2 fully saturated rings. The van der Waals surface area contributed by atoms with E-state index in [1.807, 2.05) is 0 Å². The lowest BCUT2D eigenvalue weighted by Crippen LogP contribution is -2.43. The molecule has 1 aromatic carbocycles. The van der Waals surface area contributed by atoms with Gasteiger partial charge in [-0.05, 0) is 31.0 Å². The van der Waals surface area contributed by atoms with Crippen LogP contribution >= 0.6 is 0 Å². The molecule has 1 atom stereocenters. The third-order valence-electron chi connectivity index (χ3n) is 4.37. The maximum Gasteiger partial charge on any atom is 0.416 e. The Kier molecular flexibility index (Phi) is 4.14. The molecule has 1 aliphatic heterocycles. The molecule has 0 bridgehead atoms. The standard InChI is InChI=1S/C16H17F3N2O2/c17-16(18,19)10-4-3-7-12(8-10)21-14(22)9-13(15(21)23)20-11-5-1-2-6-11/h3-4,7-8,11,13,20H,1-2,5-6,9H2. The van der Waals surface area contributed by atoms with E-state index < -0.39 is 29.6 Å². The number of nitrogens with one attached hydrogen (secondary N) is 1. The second-order valence-electron chi connectivity index (χ2n) is 6.02. The number of alkyl halides is 3. The zero-order valence-corrected chi connectivity index (χ0v) is 12.4. The minimum absolute atomic E-state index is 0.00835. The topological polar surface area (TPSA) is 49.4 Å². The van der Waals surface area contributed by atoms with Crippen molar-refractivity contribution in [2.75, 3.05) is 4.90 Å². The molecule has 1 N–H and O–H groups in total. The lowest BCUT2D eigenvalue weighted by atomic mass is 10.1. The Morgan fingerprint density at radius 3 is 2.48 bits per heavy atom. The van der Waals surface area contributed by atoms with Crippen LogP contribution in [0.15, 0.2) is 24.3 Å². The summed E-state index contributed by atoms with van der Waals surface area (Å²) in [4.78, 5) is 25.4. The van der Waals surface area contributed by atoms with Crippen LogP contribution in [0, 0.1) is 0 Å². The molecular weight excluding hydrogens is 309 g/mol. The van der Waals surface area contributed by atoms with E-state index in [1.165, 1.54) is 12.1 Å². The van der Waals surface area contributed by atoms with Crippen LogP contribution in [0.4, 0.5) is 18.9 Å². The predicted octanol–water partition coefficient (Wildman–Crippen LogP) is 2.87. The quantitative estimate of drug-likeness (QED) is 0.869. The number of anilines is 1. The molecule has 1 unspecified atom stereocenters. The summed E-state index contributed by atoms with van der Waals surface area (Å²) in [7, 11) is 0. The molecule has 124 valence electrons. The van der Waals surface area contributed by atoms with Crippen LogP contribution in [-0.4, -0.2) is 23.9 Å². The van der Waals surface area contributed by atoms with E-state index in [0.29, 0.717) is 0 Å². The van der Waals surface area contributed by atoms with Crippen molar-refractivity contribution in [1.29, 1.82) is 0 Å². The number of amides is 2. The number of carbonyl (C=O) groups is 2. The highest BCUT2D eigenvalue weighted by Crippen LogP contribution is 2.33. The van der Waals surface area contributed by atoms with Gasteiger partial charge in [0.1, 0.15) is 0 Å². The number of benzene rings is 1. The summed E-state index contributed by atoms with van der Waals surface area (Å²) in [6.07, 6.45) is -0.425. The lowest BCUT2D eigenvalue weighted by Gasteiger charge is -2.19. The molecule has 0 aromatic heterocycles. The first-order valence-corrected chi connectivity index (χ1v) is 7.66. The molecule has 2 aliphatic rings. The number of hydrogen-bond donors (Lipinski definition) is 1. The van der Waals surface area contributed by atoms with Gasteiger partial charge >= 0.3 is 6.18 Å². The number of nitrogens with zero attached hydrogens (tertiary/aromatic N) is 1. The van der Waals surface area contributed by atoms with Crippen LogP contribution in [0.25, 0.3) is 0 Å². The molecule has 2 amide bonds. The van der Waals surface area contributed by atoms with Crippen LogP contribution in [-0.2, 0) is 15.8 Å². The maximum absolute atomic E-state index is 12.8. The molecule has 4 nitrogen and oxygen atoms in total. The van der Waals surface area contributed by atoms with Crippen molar-refractivity contribution < 1.29 is 22.8 Å². The average Bonchev–Trinajstić information content (AvgIpc) is 3.08. The van der Waals surface area contributed by atoms with E-state index in [-0.39, 0.29) is 18.2 Å². The Balaban J connectivity index is 1.80. The summed E-state index contributed by atoms with van der Waals surface area (Å²) in [5.74, 6) is -0.939. The Labute approximate surface area is 131 Å². The van der Waals surface area contributed by atoms with Gasteiger partial charge in [0.2, 0.25) is 5.91 Å². The third-order valence-corrected chi connectivity index (χ3v) is 4.37. The summed E-state index contributed by atoms with van der Waals surface area (Å²) >= 11 is 0. The van der Waals surface area contributed by atoms with Gasteiger partial charge < -0.3 is 5.32 Å². The zero-order valence-electron chi connectivity index (χ0n) is 12.4. The normalized spacial score (nSPS) is 23.1. The summed E-state index contributed by atoms with van der Waals surface area (Å²) in [5, 5.41) is 3.17. The fraction of sp³-hybridized carbons (Fsp3) is 0.500. The van der Waals surface area contributed by atoms with Gasteiger partial charge in [0.05, 0.1) is 23.7 Å². The van der Waals surface area contributed by atoms with Gasteiger partial charge in [-0.2, -0.15) is 13.2 Å². The van der Waals surface area contributed by atoms with E-state index >= 15 is 0 Å². The molecule has 1 saturated heterocycles. The number of hydrogen-bond acceptors (Lipinski definition) is 3. The second kappa shape index (κ2) is 5.96. The van der Waals surface area contributed by atoms with E-state index in [1.54, 1.807) is 0 Å². The van der Waals surface area contributed by atoms with Crippen LogP contribution in [0.5, 0.6) is 0 Å². The van der Waals surface area contributed by atoms with Crippen molar-refractivity contribution in [3.63, 3.8) is 0 Å². The summed E-state index contributed by atoms with van der Waals surface area (Å²) < 4.78 is 38.4. The molecule has 7 heteroatoms. The first-order chi connectivity index (χ1) is 10.9. The molecule has 1 aromatic rings. The van der Waals surface area contributed by atoms with Crippen molar-refractivity contribution in [1.82, 2.24) is 5.32 Å². The van der Waals surface area contributed by atoms with Crippen LogP contribution in [0.2, 0.25) is 0 Å². The number of carbonyl (C=O) groups excluding carboxylic acids is 2. The number of imide groups is 1. The molecule has 0 spiro atoms. The average molecular weight is 326 g/mol. The molecule has 1 aliphatic carbocycles. The molecule has 1 heterocycles. The smallest absolute Gasteiger partial charge is 0.303 e. The monoisotopic (exact) mass is 326 g/mol. The van der Waals surface area contributed by atoms with Crippen molar-refractivity contribution in [2.45, 2.75) is 50.4 Å². The van der Waals surface area contributed by atoms with Gasteiger partial charge in [-0.15, -0.1) is 0 Å². The van der Waals surface area contributed by atoms with E-state index in [2.05, 4.69) is 5.32 Å². The summed E-state index contributed by atoms with van der Waals surface area (Å²) in [5.41, 5.74) is -0.895. The predicted molar refractivity (Wildman–Crippen MR) is 77.7 cm³/mol. The van der Waals surface area contributed by atoms with E-state index in [9.17, 15) is 22.8 Å². The highest BCUT2D eigenvalue weighted by molar-refractivity contribution is 6.22. The van der Waals surface area contributed by atoms with Gasteiger partial charge in [0.25, 0.3) is 5.91 Å². The Morgan fingerprint density at radius 2 is 1.83 bits per heavy atom. The van der Waals surface area contributed by atoms with E-state index in [4.69, 9.17) is 0 Å². The highest BCUT2D eigenvalue weighted by atomic mass is 19.4. The first-order valence-electron chi connectivity index (χ1n) is 7.66. The minimum Gasteiger partial charge on any atom is -0.303 e. The molecular formula is C16H17F3N2O2.